The Bertz CT molecular complexity index is 734. The van der Waals surface area contributed by atoms with Crippen molar-refractivity contribution in [2.75, 3.05) is 14.2 Å². The van der Waals surface area contributed by atoms with Crippen LogP contribution >= 0.6 is 15.9 Å². The molecule has 0 radical (unpaired) electrons. The molecule has 0 unspecified atom stereocenters. The number of benzene rings is 2. The van der Waals surface area contributed by atoms with E-state index in [0.29, 0.717) is 17.5 Å². The highest BCUT2D eigenvalue weighted by Crippen LogP contribution is 2.08. The molecule has 0 aliphatic carbocycles. The third kappa shape index (κ3) is 6.77. The predicted molar refractivity (Wildman–Crippen MR) is 97.5 cm³/mol. The topological polar surface area (TPSA) is 76.4 Å². The van der Waals surface area contributed by atoms with Gasteiger partial charge in [0, 0.05) is 5.33 Å². The van der Waals surface area contributed by atoms with Gasteiger partial charge in [-0.25, -0.2) is 9.59 Å². The summed E-state index contributed by atoms with van der Waals surface area (Å²) in [5.74, 6) is -0.653. The van der Waals surface area contributed by atoms with Crippen molar-refractivity contribution in [3.05, 3.63) is 70.8 Å². The van der Waals surface area contributed by atoms with Crippen molar-refractivity contribution in [1.29, 1.82) is 5.26 Å². The van der Waals surface area contributed by atoms with Gasteiger partial charge in [0.05, 0.1) is 37.8 Å². The van der Waals surface area contributed by atoms with Crippen LogP contribution in [0.5, 0.6) is 0 Å². The van der Waals surface area contributed by atoms with E-state index in [0.717, 1.165) is 16.5 Å². The second-order valence-corrected chi connectivity index (χ2v) is 5.41. The van der Waals surface area contributed by atoms with Crippen molar-refractivity contribution in [2.45, 2.75) is 11.8 Å². The van der Waals surface area contributed by atoms with E-state index in [1.807, 2.05) is 18.2 Å². The zero-order valence-corrected chi connectivity index (χ0v) is 15.6. The molecule has 2 aromatic rings. The SMILES string of the molecule is COC(=O)c1ccc(CBr)cc1.COC(=O)c1ccc(CC#N)cc1. The summed E-state index contributed by atoms with van der Waals surface area (Å²) in [6, 6.07) is 16.1. The molecule has 0 saturated heterocycles. The minimum absolute atomic E-state index is 0.295. The maximum atomic E-state index is 11.0. The van der Waals surface area contributed by atoms with Crippen molar-refractivity contribution in [2.24, 2.45) is 0 Å². The van der Waals surface area contributed by atoms with Gasteiger partial charge in [-0.3, -0.25) is 0 Å². The number of alkyl halides is 1. The average Bonchev–Trinajstić information content (AvgIpc) is 2.68. The number of halogens is 1. The first-order valence-corrected chi connectivity index (χ1v) is 8.45. The molecule has 6 heteroatoms. The number of nitriles is 1. The number of carbonyl (C=O) groups is 2. The Kier molecular flexibility index (Phi) is 8.97. The molecule has 0 aliphatic heterocycles. The van der Waals surface area contributed by atoms with Crippen LogP contribution in [-0.4, -0.2) is 26.2 Å². The van der Waals surface area contributed by atoms with E-state index < -0.39 is 0 Å². The smallest absolute Gasteiger partial charge is 0.337 e. The molecular formula is C19H18BrNO4. The lowest BCUT2D eigenvalue weighted by atomic mass is 10.1. The molecule has 130 valence electrons. The Labute approximate surface area is 155 Å². The van der Waals surface area contributed by atoms with Crippen LogP contribution < -0.4 is 0 Å². The van der Waals surface area contributed by atoms with Crippen LogP contribution in [-0.2, 0) is 21.2 Å². The van der Waals surface area contributed by atoms with E-state index in [1.165, 1.54) is 14.2 Å². The van der Waals surface area contributed by atoms with E-state index in [1.54, 1.807) is 36.4 Å². The number of esters is 2. The highest BCUT2D eigenvalue weighted by molar-refractivity contribution is 9.08. The van der Waals surface area contributed by atoms with E-state index >= 15 is 0 Å². The fourth-order valence-corrected chi connectivity index (χ4v) is 2.19. The van der Waals surface area contributed by atoms with E-state index in [2.05, 4.69) is 25.4 Å². The van der Waals surface area contributed by atoms with Gasteiger partial charge in [0.2, 0.25) is 0 Å². The molecule has 0 amide bonds. The first kappa shape index (κ1) is 20.4. The van der Waals surface area contributed by atoms with E-state index in [4.69, 9.17) is 5.26 Å². The summed E-state index contributed by atoms with van der Waals surface area (Å²) in [5, 5.41) is 9.20. The quantitative estimate of drug-likeness (QED) is 0.571. The van der Waals surface area contributed by atoms with Gasteiger partial charge < -0.3 is 9.47 Å². The van der Waals surface area contributed by atoms with Gasteiger partial charge in [0.1, 0.15) is 0 Å². The van der Waals surface area contributed by atoms with Gasteiger partial charge in [-0.1, -0.05) is 40.2 Å². The predicted octanol–water partition coefficient (Wildman–Crippen LogP) is 3.91. The molecule has 0 atom stereocenters. The zero-order chi connectivity index (χ0) is 18.7. The maximum absolute atomic E-state index is 11.0. The van der Waals surface area contributed by atoms with E-state index in [9.17, 15) is 9.59 Å². The second-order valence-electron chi connectivity index (χ2n) is 4.85. The summed E-state index contributed by atoms with van der Waals surface area (Å²) in [6.07, 6.45) is 0.363. The van der Waals surface area contributed by atoms with Gasteiger partial charge in [-0.05, 0) is 35.4 Å². The molecule has 25 heavy (non-hydrogen) atoms. The first-order chi connectivity index (χ1) is 12.0. The summed E-state index contributed by atoms with van der Waals surface area (Å²) in [5.41, 5.74) is 3.13. The van der Waals surface area contributed by atoms with Crippen LogP contribution in [0.2, 0.25) is 0 Å². The highest BCUT2D eigenvalue weighted by atomic mass is 79.9. The molecule has 2 rings (SSSR count). The average molecular weight is 404 g/mol. The normalized spacial score (nSPS) is 9.20. The second kappa shape index (κ2) is 11.0. The van der Waals surface area contributed by atoms with Gasteiger partial charge in [-0.2, -0.15) is 5.26 Å². The van der Waals surface area contributed by atoms with Gasteiger partial charge in [0.25, 0.3) is 0 Å². The van der Waals surface area contributed by atoms with Crippen LogP contribution in [0, 0.1) is 11.3 Å². The van der Waals surface area contributed by atoms with Crippen LogP contribution in [0.25, 0.3) is 0 Å². The Morgan fingerprint density at radius 3 is 1.60 bits per heavy atom. The van der Waals surface area contributed by atoms with Gasteiger partial charge >= 0.3 is 11.9 Å². The Hall–Kier alpha value is -2.65. The monoisotopic (exact) mass is 403 g/mol. The third-order valence-corrected chi connectivity index (χ3v) is 3.84. The lowest BCUT2D eigenvalue weighted by Crippen LogP contribution is -2.00. The molecule has 0 N–H and O–H groups in total. The van der Waals surface area contributed by atoms with Crippen molar-refractivity contribution in [3.63, 3.8) is 0 Å². The highest BCUT2D eigenvalue weighted by Gasteiger charge is 2.04. The standard InChI is InChI=1S/C10H9NO2.C9H9BrO2/c1-13-10(12)9-4-2-8(3-5-9)6-7-11;1-12-9(11)8-4-2-7(6-10)3-5-8/h2-5H,6H2,1H3;2-5H,6H2,1H3. The van der Waals surface area contributed by atoms with Crippen molar-refractivity contribution in [1.82, 2.24) is 0 Å². The third-order valence-electron chi connectivity index (χ3n) is 3.19. The van der Waals surface area contributed by atoms with E-state index in [-0.39, 0.29) is 11.9 Å². The number of rotatable bonds is 4. The molecule has 0 aromatic heterocycles. The molecule has 0 bridgehead atoms. The van der Waals surface area contributed by atoms with Crippen molar-refractivity contribution in [3.8, 4) is 6.07 Å². The lowest BCUT2D eigenvalue weighted by molar-refractivity contribution is 0.0592. The molecule has 0 spiro atoms. The minimum atomic E-state index is -0.358. The Morgan fingerprint density at radius 2 is 1.28 bits per heavy atom. The molecule has 2 aromatic carbocycles. The summed E-state index contributed by atoms with van der Waals surface area (Å²) in [4.78, 5) is 22.0. The van der Waals surface area contributed by atoms with Gasteiger partial charge in [0.15, 0.2) is 0 Å². The zero-order valence-electron chi connectivity index (χ0n) is 14.0. The number of hydrogen-bond acceptors (Lipinski definition) is 5. The first-order valence-electron chi connectivity index (χ1n) is 7.33. The Balaban J connectivity index is 0.000000251. The molecule has 0 heterocycles. The fourth-order valence-electron chi connectivity index (χ4n) is 1.82. The Morgan fingerprint density at radius 1 is 0.880 bits per heavy atom. The van der Waals surface area contributed by atoms with Crippen molar-refractivity contribution >= 4 is 27.9 Å². The van der Waals surface area contributed by atoms with Crippen LogP contribution in [0.4, 0.5) is 0 Å². The number of carbonyl (C=O) groups excluding carboxylic acids is 2. The summed E-state index contributed by atoms with van der Waals surface area (Å²) in [6.45, 7) is 0. The molecular weight excluding hydrogens is 386 g/mol. The lowest BCUT2D eigenvalue weighted by Gasteiger charge is -1.99. The number of nitrogens with zero attached hydrogens (tertiary/aromatic N) is 1. The summed E-state index contributed by atoms with van der Waals surface area (Å²) >= 11 is 3.32. The van der Waals surface area contributed by atoms with Crippen LogP contribution in [0.3, 0.4) is 0 Å². The number of methoxy groups -OCH3 is 2. The minimum Gasteiger partial charge on any atom is -0.465 e. The van der Waals surface area contributed by atoms with Gasteiger partial charge in [-0.15, -0.1) is 0 Å². The molecule has 0 aliphatic rings. The largest absolute Gasteiger partial charge is 0.465 e. The molecule has 0 fully saturated rings. The molecule has 0 saturated carbocycles. The maximum Gasteiger partial charge on any atom is 0.337 e. The number of ether oxygens (including phenoxy) is 2. The summed E-state index contributed by atoms with van der Waals surface area (Å²) < 4.78 is 9.09. The van der Waals surface area contributed by atoms with Crippen LogP contribution in [0.15, 0.2) is 48.5 Å². The number of hydrogen-bond donors (Lipinski definition) is 0. The fraction of sp³-hybridized carbons (Fsp3) is 0.211. The van der Waals surface area contributed by atoms with Crippen LogP contribution in [0.1, 0.15) is 31.8 Å². The summed E-state index contributed by atoms with van der Waals surface area (Å²) in [7, 11) is 2.71. The molecule has 5 nitrogen and oxygen atoms in total. The van der Waals surface area contributed by atoms with Crippen molar-refractivity contribution < 1.29 is 19.1 Å².